The molecule has 0 spiro atoms. The second-order valence-corrected chi connectivity index (χ2v) is 3.80. The van der Waals surface area contributed by atoms with E-state index in [9.17, 15) is 4.79 Å². The first-order valence-corrected chi connectivity index (χ1v) is 5.48. The van der Waals surface area contributed by atoms with Crippen LogP contribution in [0.25, 0.3) is 0 Å². The molecule has 1 fully saturated rings. The molecule has 4 heteroatoms. The van der Waals surface area contributed by atoms with Crippen LogP contribution in [0.4, 0.5) is 4.79 Å². The van der Waals surface area contributed by atoms with Crippen molar-refractivity contribution in [2.24, 2.45) is 5.73 Å². The van der Waals surface area contributed by atoms with Gasteiger partial charge in [-0.3, -0.25) is 0 Å². The van der Waals surface area contributed by atoms with Gasteiger partial charge in [-0.05, 0) is 26.7 Å². The molecule has 0 saturated carbocycles. The van der Waals surface area contributed by atoms with Crippen LogP contribution in [-0.2, 0) is 0 Å². The highest BCUT2D eigenvalue weighted by Crippen LogP contribution is 2.10. The smallest absolute Gasteiger partial charge is 0.320 e. The van der Waals surface area contributed by atoms with Gasteiger partial charge in [-0.2, -0.15) is 0 Å². The van der Waals surface area contributed by atoms with Crippen molar-refractivity contribution in [1.29, 1.82) is 0 Å². The lowest BCUT2D eigenvalue weighted by Crippen LogP contribution is -2.50. The SMILES string of the molecule is CCN(CC)C(=O)N1CCCC(N)C1. The number of nitrogens with zero attached hydrogens (tertiary/aromatic N) is 2. The van der Waals surface area contributed by atoms with Crippen molar-refractivity contribution < 1.29 is 4.79 Å². The number of amides is 2. The number of rotatable bonds is 2. The second-order valence-electron chi connectivity index (χ2n) is 3.80. The van der Waals surface area contributed by atoms with Gasteiger partial charge in [-0.15, -0.1) is 0 Å². The fourth-order valence-electron chi connectivity index (χ4n) is 1.88. The molecule has 14 heavy (non-hydrogen) atoms. The Morgan fingerprint density at radius 1 is 1.50 bits per heavy atom. The van der Waals surface area contributed by atoms with E-state index in [0.29, 0.717) is 0 Å². The molecular weight excluding hydrogens is 178 g/mol. The Morgan fingerprint density at radius 3 is 2.64 bits per heavy atom. The fraction of sp³-hybridized carbons (Fsp3) is 0.900. The molecule has 0 aromatic carbocycles. The Kier molecular flexibility index (Phi) is 4.20. The number of likely N-dealkylation sites (tertiary alicyclic amines) is 1. The molecule has 4 nitrogen and oxygen atoms in total. The Labute approximate surface area is 86.0 Å². The molecule has 0 aromatic rings. The summed E-state index contributed by atoms with van der Waals surface area (Å²) in [6.07, 6.45) is 2.08. The summed E-state index contributed by atoms with van der Waals surface area (Å²) in [5.41, 5.74) is 5.83. The molecule has 0 aliphatic carbocycles. The molecule has 1 rings (SSSR count). The summed E-state index contributed by atoms with van der Waals surface area (Å²) in [6.45, 7) is 7.15. The molecule has 0 bridgehead atoms. The minimum Gasteiger partial charge on any atom is -0.326 e. The van der Waals surface area contributed by atoms with Crippen LogP contribution in [0.3, 0.4) is 0 Å². The largest absolute Gasteiger partial charge is 0.326 e. The number of hydrogen-bond acceptors (Lipinski definition) is 2. The van der Waals surface area contributed by atoms with Gasteiger partial charge < -0.3 is 15.5 Å². The second kappa shape index (κ2) is 5.20. The van der Waals surface area contributed by atoms with Gasteiger partial charge in [0.25, 0.3) is 0 Å². The van der Waals surface area contributed by atoms with Crippen LogP contribution < -0.4 is 5.73 Å². The minimum atomic E-state index is 0.144. The molecule has 2 amide bonds. The van der Waals surface area contributed by atoms with Crippen molar-refractivity contribution in [2.75, 3.05) is 26.2 Å². The van der Waals surface area contributed by atoms with Crippen LogP contribution in [0.5, 0.6) is 0 Å². The van der Waals surface area contributed by atoms with Gasteiger partial charge >= 0.3 is 6.03 Å². The molecular formula is C10H21N3O. The van der Waals surface area contributed by atoms with Crippen LogP contribution in [-0.4, -0.2) is 48.1 Å². The summed E-state index contributed by atoms with van der Waals surface area (Å²) >= 11 is 0. The molecule has 1 unspecified atom stereocenters. The van der Waals surface area contributed by atoms with Gasteiger partial charge in [0.15, 0.2) is 0 Å². The molecule has 0 aromatic heterocycles. The quantitative estimate of drug-likeness (QED) is 0.717. The zero-order valence-electron chi connectivity index (χ0n) is 9.20. The molecule has 82 valence electrons. The molecule has 1 aliphatic heterocycles. The summed E-state index contributed by atoms with van der Waals surface area (Å²) in [5.74, 6) is 0. The third-order valence-corrected chi connectivity index (χ3v) is 2.76. The molecule has 0 radical (unpaired) electrons. The van der Waals surface area contributed by atoms with E-state index in [4.69, 9.17) is 5.73 Å². The van der Waals surface area contributed by atoms with E-state index < -0.39 is 0 Å². The average molecular weight is 199 g/mol. The van der Waals surface area contributed by atoms with Crippen LogP contribution in [0.2, 0.25) is 0 Å². The Bertz CT molecular complexity index is 192. The van der Waals surface area contributed by atoms with Crippen LogP contribution in [0.1, 0.15) is 26.7 Å². The first-order chi connectivity index (χ1) is 6.69. The molecule has 1 atom stereocenters. The zero-order chi connectivity index (χ0) is 10.6. The minimum absolute atomic E-state index is 0.144. The maximum absolute atomic E-state index is 11.9. The highest BCUT2D eigenvalue weighted by molar-refractivity contribution is 5.74. The molecule has 1 aliphatic rings. The van der Waals surface area contributed by atoms with E-state index in [1.807, 2.05) is 23.6 Å². The lowest BCUT2D eigenvalue weighted by atomic mass is 10.1. The van der Waals surface area contributed by atoms with Crippen molar-refractivity contribution in [3.05, 3.63) is 0 Å². The van der Waals surface area contributed by atoms with Gasteiger partial charge in [0.05, 0.1) is 0 Å². The van der Waals surface area contributed by atoms with E-state index in [-0.39, 0.29) is 12.1 Å². The average Bonchev–Trinajstić information content (AvgIpc) is 2.19. The summed E-state index contributed by atoms with van der Waals surface area (Å²) in [7, 11) is 0. The summed E-state index contributed by atoms with van der Waals surface area (Å²) < 4.78 is 0. The predicted molar refractivity (Wildman–Crippen MR) is 57.1 cm³/mol. The predicted octanol–water partition coefficient (Wildman–Crippen LogP) is 0.871. The summed E-state index contributed by atoms with van der Waals surface area (Å²) in [5, 5.41) is 0. The normalized spacial score (nSPS) is 22.2. The molecule has 1 heterocycles. The van der Waals surface area contributed by atoms with Crippen molar-refractivity contribution in [3.63, 3.8) is 0 Å². The number of carbonyl (C=O) groups is 1. The molecule has 2 N–H and O–H groups in total. The summed E-state index contributed by atoms with van der Waals surface area (Å²) in [6, 6.07) is 0.313. The van der Waals surface area contributed by atoms with Crippen LogP contribution in [0, 0.1) is 0 Å². The first kappa shape index (κ1) is 11.3. The maximum Gasteiger partial charge on any atom is 0.320 e. The third kappa shape index (κ3) is 2.61. The zero-order valence-corrected chi connectivity index (χ0v) is 9.20. The van der Waals surface area contributed by atoms with Crippen LogP contribution in [0.15, 0.2) is 0 Å². The maximum atomic E-state index is 11.9. The lowest BCUT2D eigenvalue weighted by molar-refractivity contribution is 0.143. The van der Waals surface area contributed by atoms with Gasteiger partial charge in [-0.1, -0.05) is 0 Å². The number of carbonyl (C=O) groups excluding carboxylic acids is 1. The van der Waals surface area contributed by atoms with Gasteiger partial charge in [0.1, 0.15) is 0 Å². The first-order valence-electron chi connectivity index (χ1n) is 5.48. The number of urea groups is 1. The highest BCUT2D eigenvalue weighted by atomic mass is 16.2. The Morgan fingerprint density at radius 2 is 2.14 bits per heavy atom. The van der Waals surface area contributed by atoms with Gasteiger partial charge in [0.2, 0.25) is 0 Å². The third-order valence-electron chi connectivity index (χ3n) is 2.76. The Balaban J connectivity index is 2.50. The molecule has 1 saturated heterocycles. The fourth-order valence-corrected chi connectivity index (χ4v) is 1.88. The van der Waals surface area contributed by atoms with Crippen molar-refractivity contribution in [2.45, 2.75) is 32.7 Å². The number of nitrogens with two attached hydrogens (primary N) is 1. The highest BCUT2D eigenvalue weighted by Gasteiger charge is 2.23. The van der Waals surface area contributed by atoms with Gasteiger partial charge in [-0.25, -0.2) is 4.79 Å². The number of hydrogen-bond donors (Lipinski definition) is 1. The topological polar surface area (TPSA) is 49.6 Å². The van der Waals surface area contributed by atoms with E-state index >= 15 is 0 Å². The van der Waals surface area contributed by atoms with Crippen LogP contribution >= 0.6 is 0 Å². The van der Waals surface area contributed by atoms with E-state index in [1.54, 1.807) is 0 Å². The number of piperidine rings is 1. The Hall–Kier alpha value is -0.770. The van der Waals surface area contributed by atoms with Crippen molar-refractivity contribution in [1.82, 2.24) is 9.80 Å². The van der Waals surface area contributed by atoms with Crippen molar-refractivity contribution in [3.8, 4) is 0 Å². The lowest BCUT2D eigenvalue weighted by Gasteiger charge is -2.34. The van der Waals surface area contributed by atoms with E-state index in [2.05, 4.69) is 0 Å². The standard InChI is InChI=1S/C10H21N3O/c1-3-12(4-2)10(14)13-7-5-6-9(11)8-13/h9H,3-8,11H2,1-2H3. The van der Waals surface area contributed by atoms with E-state index in [1.165, 1.54) is 0 Å². The summed E-state index contributed by atoms with van der Waals surface area (Å²) in [4.78, 5) is 15.6. The monoisotopic (exact) mass is 199 g/mol. The van der Waals surface area contributed by atoms with Crippen molar-refractivity contribution >= 4 is 6.03 Å². The van der Waals surface area contributed by atoms with E-state index in [0.717, 1.165) is 39.0 Å². The van der Waals surface area contributed by atoms with Gasteiger partial charge in [0, 0.05) is 32.2 Å².